The lowest BCUT2D eigenvalue weighted by atomic mass is 9.42. The minimum absolute atomic E-state index is 0.0609. The molecule has 0 aromatic heterocycles. The Balaban J connectivity index is 1.17. The van der Waals surface area contributed by atoms with E-state index < -0.39 is 23.0 Å². The summed E-state index contributed by atoms with van der Waals surface area (Å²) < 4.78 is 12.0. The largest absolute Gasteiger partial charge is 0.481 e. The van der Waals surface area contributed by atoms with Crippen LogP contribution in [0.5, 0.6) is 5.75 Å². The Bertz CT molecular complexity index is 981. The molecule has 1 saturated heterocycles. The van der Waals surface area contributed by atoms with E-state index in [2.05, 4.69) is 6.92 Å². The van der Waals surface area contributed by atoms with Crippen molar-refractivity contribution in [3.8, 4) is 5.75 Å². The van der Waals surface area contributed by atoms with Gasteiger partial charge in [-0.1, -0.05) is 19.1 Å². The van der Waals surface area contributed by atoms with Crippen molar-refractivity contribution in [1.29, 1.82) is 0 Å². The lowest BCUT2D eigenvalue weighted by Crippen LogP contribution is -2.68. The van der Waals surface area contributed by atoms with Crippen LogP contribution in [0, 0.1) is 22.7 Å². The van der Waals surface area contributed by atoms with E-state index in [-0.39, 0.29) is 17.3 Å². The summed E-state index contributed by atoms with van der Waals surface area (Å²) >= 11 is 0. The zero-order chi connectivity index (χ0) is 23.1. The van der Waals surface area contributed by atoms with Crippen molar-refractivity contribution in [3.63, 3.8) is 0 Å². The second-order valence-electron chi connectivity index (χ2n) is 11.5. The summed E-state index contributed by atoms with van der Waals surface area (Å²) in [7, 11) is 0. The molecule has 7 heteroatoms. The van der Waals surface area contributed by atoms with E-state index in [1.807, 2.05) is 24.3 Å². The fourth-order valence-corrected chi connectivity index (χ4v) is 8.10. The van der Waals surface area contributed by atoms with Gasteiger partial charge in [-0.25, -0.2) is 0 Å². The van der Waals surface area contributed by atoms with E-state index in [0.717, 1.165) is 44.9 Å². The summed E-state index contributed by atoms with van der Waals surface area (Å²) in [6.45, 7) is 3.55. The lowest BCUT2D eigenvalue weighted by molar-refractivity contribution is -0.413. The Morgan fingerprint density at radius 2 is 1.79 bits per heavy atom. The molecule has 1 aromatic carbocycles. The molecule has 5 atom stereocenters. The molecule has 178 valence electrons. The standard InChI is InChI=1S/C26H32O7/c1-16(27)30-21-5-3-18(4-6-21)19-7-9-25(10-8-19)31-26(33-32-25)20-11-17-12-23(26,2)15-24(13-17,14-20)22(28)29/h3-6,17,19-20H,7-15H2,1-2H3,(H,28,29). The van der Waals surface area contributed by atoms with Crippen molar-refractivity contribution in [2.45, 2.75) is 89.1 Å². The molecule has 5 saturated carbocycles. The molecule has 2 spiro atoms. The summed E-state index contributed by atoms with van der Waals surface area (Å²) in [5.41, 5.74) is 0.242. The number of esters is 1. The van der Waals surface area contributed by atoms with Gasteiger partial charge in [0.25, 0.3) is 0 Å². The van der Waals surface area contributed by atoms with Gasteiger partial charge in [-0.05, 0) is 74.5 Å². The summed E-state index contributed by atoms with van der Waals surface area (Å²) in [4.78, 5) is 35.6. The first-order chi connectivity index (χ1) is 15.7. The van der Waals surface area contributed by atoms with E-state index in [9.17, 15) is 14.7 Å². The monoisotopic (exact) mass is 456 g/mol. The SMILES string of the molecule is CC(=O)Oc1ccc(C2CCC3(CC2)OOC2(O3)C3CC4CC(C(=O)O)(C3)CC2(C)C4)cc1. The number of rotatable bonds is 3. The average Bonchev–Trinajstić information content (AvgIpc) is 3.13. The molecule has 0 radical (unpaired) electrons. The summed E-state index contributed by atoms with van der Waals surface area (Å²) in [6, 6.07) is 7.74. The van der Waals surface area contributed by atoms with Crippen LogP contribution in [-0.2, 0) is 24.1 Å². The average molecular weight is 457 g/mol. The van der Waals surface area contributed by atoms with Crippen molar-refractivity contribution >= 4 is 11.9 Å². The second kappa shape index (κ2) is 7.03. The Morgan fingerprint density at radius 1 is 1.06 bits per heavy atom. The summed E-state index contributed by atoms with van der Waals surface area (Å²) in [5.74, 6) is -1.12. The predicted molar refractivity (Wildman–Crippen MR) is 116 cm³/mol. The van der Waals surface area contributed by atoms with Crippen LogP contribution < -0.4 is 4.74 Å². The Morgan fingerprint density at radius 3 is 2.42 bits per heavy atom. The van der Waals surface area contributed by atoms with Gasteiger partial charge in [-0.2, -0.15) is 9.78 Å². The molecular weight excluding hydrogens is 424 g/mol. The third kappa shape index (κ3) is 3.12. The highest BCUT2D eigenvalue weighted by Gasteiger charge is 2.75. The maximum Gasteiger partial charge on any atom is 0.309 e. The number of hydrogen-bond donors (Lipinski definition) is 1. The summed E-state index contributed by atoms with van der Waals surface area (Å²) in [5, 5.41) is 10.0. The Hall–Kier alpha value is -1.96. The van der Waals surface area contributed by atoms with Crippen molar-refractivity contribution < 1.29 is 33.9 Å². The molecule has 5 aliphatic carbocycles. The van der Waals surface area contributed by atoms with Crippen LogP contribution in [0.2, 0.25) is 0 Å². The van der Waals surface area contributed by atoms with Gasteiger partial charge in [0, 0.05) is 31.1 Å². The van der Waals surface area contributed by atoms with E-state index in [4.69, 9.17) is 19.2 Å². The van der Waals surface area contributed by atoms with Crippen molar-refractivity contribution in [3.05, 3.63) is 29.8 Å². The van der Waals surface area contributed by atoms with Crippen LogP contribution >= 0.6 is 0 Å². The predicted octanol–water partition coefficient (Wildman–Crippen LogP) is 4.94. The van der Waals surface area contributed by atoms with Crippen LogP contribution in [0.15, 0.2) is 24.3 Å². The Labute approximate surface area is 193 Å². The van der Waals surface area contributed by atoms with E-state index in [0.29, 0.717) is 30.4 Å². The highest BCUT2D eigenvalue weighted by Crippen LogP contribution is 2.72. The zero-order valence-electron chi connectivity index (χ0n) is 19.3. The smallest absolute Gasteiger partial charge is 0.309 e. The highest BCUT2D eigenvalue weighted by atomic mass is 17.3. The number of carboxylic acids is 1. The molecule has 33 heavy (non-hydrogen) atoms. The van der Waals surface area contributed by atoms with Gasteiger partial charge in [0.2, 0.25) is 11.6 Å². The van der Waals surface area contributed by atoms with E-state index in [1.54, 1.807) is 0 Å². The number of carbonyl (C=O) groups is 2. The zero-order valence-corrected chi connectivity index (χ0v) is 19.3. The van der Waals surface area contributed by atoms with E-state index in [1.165, 1.54) is 12.5 Å². The van der Waals surface area contributed by atoms with Crippen LogP contribution in [0.25, 0.3) is 0 Å². The highest BCUT2D eigenvalue weighted by molar-refractivity contribution is 5.75. The van der Waals surface area contributed by atoms with Gasteiger partial charge < -0.3 is 14.6 Å². The first-order valence-electron chi connectivity index (χ1n) is 12.3. The number of carboxylic acid groups (broad SMARTS) is 1. The maximum atomic E-state index is 12.2. The molecule has 7 rings (SSSR count). The third-order valence-electron chi connectivity index (χ3n) is 9.25. The first-order valence-corrected chi connectivity index (χ1v) is 12.3. The lowest BCUT2D eigenvalue weighted by Gasteiger charge is -2.65. The van der Waals surface area contributed by atoms with Crippen LogP contribution in [0.4, 0.5) is 0 Å². The van der Waals surface area contributed by atoms with Gasteiger partial charge >= 0.3 is 11.9 Å². The normalized spacial score (nSPS) is 45.6. The van der Waals surface area contributed by atoms with Crippen molar-refractivity contribution in [2.75, 3.05) is 0 Å². The van der Waals surface area contributed by atoms with Gasteiger partial charge in [0.05, 0.1) is 5.41 Å². The van der Waals surface area contributed by atoms with Crippen LogP contribution in [0.3, 0.4) is 0 Å². The first kappa shape index (κ1) is 21.6. The quantitative estimate of drug-likeness (QED) is 0.391. The second-order valence-corrected chi connectivity index (χ2v) is 11.5. The van der Waals surface area contributed by atoms with Gasteiger partial charge in [-0.15, -0.1) is 0 Å². The van der Waals surface area contributed by atoms with Crippen molar-refractivity contribution in [2.24, 2.45) is 22.7 Å². The number of carbonyl (C=O) groups excluding carboxylic acids is 1. The molecule has 6 aliphatic rings. The third-order valence-corrected chi connectivity index (χ3v) is 9.25. The molecule has 5 unspecified atom stereocenters. The fourth-order valence-electron chi connectivity index (χ4n) is 8.10. The topological polar surface area (TPSA) is 91.3 Å². The van der Waals surface area contributed by atoms with E-state index >= 15 is 0 Å². The van der Waals surface area contributed by atoms with Crippen LogP contribution in [0.1, 0.15) is 83.1 Å². The molecule has 1 aliphatic heterocycles. The molecular formula is C26H32O7. The molecule has 6 fully saturated rings. The van der Waals surface area contributed by atoms with Gasteiger partial charge in [-0.3, -0.25) is 9.59 Å². The molecule has 1 N–H and O–H groups in total. The van der Waals surface area contributed by atoms with Gasteiger partial charge in [0.15, 0.2) is 0 Å². The number of benzene rings is 1. The fraction of sp³-hybridized carbons (Fsp3) is 0.692. The number of hydrogen-bond acceptors (Lipinski definition) is 6. The Kier molecular flexibility index (Phi) is 4.59. The van der Waals surface area contributed by atoms with Crippen molar-refractivity contribution in [1.82, 2.24) is 0 Å². The molecule has 7 nitrogen and oxygen atoms in total. The number of ether oxygens (including phenoxy) is 2. The van der Waals surface area contributed by atoms with Gasteiger partial charge in [0.1, 0.15) is 5.75 Å². The summed E-state index contributed by atoms with van der Waals surface area (Å²) in [6.07, 6.45) is 7.20. The van der Waals surface area contributed by atoms with Crippen LogP contribution in [-0.4, -0.2) is 28.6 Å². The molecule has 0 amide bonds. The number of aliphatic carboxylic acids is 1. The maximum absolute atomic E-state index is 12.2. The minimum Gasteiger partial charge on any atom is -0.481 e. The minimum atomic E-state index is -0.832. The molecule has 4 bridgehead atoms. The molecule has 1 aromatic rings. The molecule has 1 heterocycles.